The highest BCUT2D eigenvalue weighted by atomic mass is 35.5. The Morgan fingerprint density at radius 1 is 0.931 bits per heavy atom. The second-order valence-corrected chi connectivity index (χ2v) is 16.6. The summed E-state index contributed by atoms with van der Waals surface area (Å²) >= 11 is 5.69. The topological polar surface area (TPSA) is 164 Å². The van der Waals surface area contributed by atoms with Gasteiger partial charge in [0.2, 0.25) is 0 Å². The Kier molecular flexibility index (Phi) is 18.8. The van der Waals surface area contributed by atoms with E-state index in [1.54, 1.807) is 19.4 Å². The van der Waals surface area contributed by atoms with Gasteiger partial charge in [-0.15, -0.1) is 11.6 Å². The highest BCUT2D eigenvalue weighted by molar-refractivity contribution is 6.17. The fourth-order valence-corrected chi connectivity index (χ4v) is 7.94. The van der Waals surface area contributed by atoms with Gasteiger partial charge in [-0.2, -0.15) is 5.11 Å². The number of benzene rings is 2. The first-order valence-electron chi connectivity index (χ1n) is 20.5. The molecule has 2 aliphatic rings. The zero-order chi connectivity index (χ0) is 42.1. The smallest absolute Gasteiger partial charge is 0.165 e. The molecular formula is C45H66ClN3O9. The number of aliphatic hydroxyl groups excluding tert-OH is 2. The first-order valence-corrected chi connectivity index (χ1v) is 21.0. The summed E-state index contributed by atoms with van der Waals surface area (Å²) in [5.74, 6) is 2.51. The number of aromatic hydroxyl groups is 1. The molecule has 2 aromatic rings. The number of phenolic OH excluding ortho intramolecular Hbond substituents is 1. The van der Waals surface area contributed by atoms with Gasteiger partial charge in [0.1, 0.15) is 29.4 Å². The zero-order valence-corrected chi connectivity index (χ0v) is 36.0. The van der Waals surface area contributed by atoms with Crippen LogP contribution >= 0.6 is 11.6 Å². The van der Waals surface area contributed by atoms with Gasteiger partial charge in [0.25, 0.3) is 0 Å². The monoisotopic (exact) mass is 827 g/mol. The lowest BCUT2D eigenvalue weighted by Gasteiger charge is -2.56. The summed E-state index contributed by atoms with van der Waals surface area (Å²) in [4.78, 5) is 0. The predicted molar refractivity (Wildman–Crippen MR) is 228 cm³/mol. The molecule has 58 heavy (non-hydrogen) atoms. The molecule has 1 unspecified atom stereocenters. The first-order chi connectivity index (χ1) is 27.8. The van der Waals surface area contributed by atoms with E-state index in [0.29, 0.717) is 92.9 Å². The molecule has 1 heterocycles. The van der Waals surface area contributed by atoms with Gasteiger partial charge in [0.15, 0.2) is 11.5 Å². The van der Waals surface area contributed by atoms with E-state index < -0.39 is 23.2 Å². The summed E-state index contributed by atoms with van der Waals surface area (Å²) in [6.07, 6.45) is 11.6. The Morgan fingerprint density at radius 2 is 1.59 bits per heavy atom. The summed E-state index contributed by atoms with van der Waals surface area (Å²) in [6.45, 7) is 13.8. The lowest BCUT2D eigenvalue weighted by atomic mass is 9.57. The normalized spacial score (nSPS) is 21.2. The van der Waals surface area contributed by atoms with E-state index >= 15 is 0 Å². The highest BCUT2D eigenvalue weighted by Crippen LogP contribution is 2.55. The first kappa shape index (κ1) is 47.0. The molecule has 13 heteroatoms. The van der Waals surface area contributed by atoms with Crippen molar-refractivity contribution in [1.29, 1.82) is 5.53 Å². The number of hydrogen-bond donors (Lipinski definition) is 5. The summed E-state index contributed by atoms with van der Waals surface area (Å²) < 4.78 is 35.4. The molecule has 1 aliphatic carbocycles. The van der Waals surface area contributed by atoms with Crippen LogP contribution in [0.15, 0.2) is 52.9 Å². The van der Waals surface area contributed by atoms with Crippen LogP contribution < -0.4 is 19.5 Å². The van der Waals surface area contributed by atoms with Crippen LogP contribution in [0.2, 0.25) is 0 Å². The fraction of sp³-hybridized carbons (Fsp3) is 0.600. The number of methoxy groups -OCH3 is 1. The SMILES string of the molecule is COc1cc(/C=C/c2cc(O)c(CC=C(C)C)c(OC/C(=C/NCCOCCOCCOCCCCCCCl)N=N)c2)cc2c1O[C@]1(C)C[C@@H](O)[C@@H](O)C(C)(C)C1C2. The highest BCUT2D eigenvalue weighted by Gasteiger charge is 2.58. The zero-order valence-electron chi connectivity index (χ0n) is 35.3. The van der Waals surface area contributed by atoms with E-state index in [9.17, 15) is 15.3 Å². The largest absolute Gasteiger partial charge is 0.507 e. The van der Waals surface area contributed by atoms with Crippen LogP contribution in [-0.4, -0.2) is 98.9 Å². The predicted octanol–water partition coefficient (Wildman–Crippen LogP) is 8.23. The second kappa shape index (κ2) is 23.2. The standard InChI is InChI=1S/C45H66ClN3O9/c1-31(2)11-14-36-37(50)24-33(13-12-32-23-34-27-41-44(3,4)43(52)38(51)28-45(41,5)58-42(34)40(26-32)53-6)25-39(36)57-30-35(49-47)29-48-16-18-55-20-22-56-21-19-54-17-10-8-7-9-15-46/h11-13,23-26,29,38,41,43,47-48,50-52H,7-10,14-22,27-28,30H2,1-6H3/b13-12+,35-29-,49-47?/t38-,41?,43-,45-/m1/s1. The molecule has 0 amide bonds. The number of fused-ring (bicyclic) bond motifs is 2. The Morgan fingerprint density at radius 3 is 2.26 bits per heavy atom. The van der Waals surface area contributed by atoms with Crippen LogP contribution in [0.25, 0.3) is 12.2 Å². The van der Waals surface area contributed by atoms with Gasteiger partial charge in [-0.1, -0.05) is 50.5 Å². The maximum Gasteiger partial charge on any atom is 0.165 e. The molecule has 1 saturated carbocycles. The van der Waals surface area contributed by atoms with Gasteiger partial charge in [-0.05, 0) is 87.4 Å². The van der Waals surface area contributed by atoms with E-state index in [1.165, 1.54) is 0 Å². The molecule has 12 nitrogen and oxygen atoms in total. The summed E-state index contributed by atoms with van der Waals surface area (Å²) in [6, 6.07) is 7.54. The Hall–Kier alpha value is -3.65. The van der Waals surface area contributed by atoms with Crippen molar-refractivity contribution in [3.05, 3.63) is 70.1 Å². The number of phenols is 1. The molecule has 0 aromatic heterocycles. The number of unbranched alkanes of at least 4 members (excludes halogenated alkanes) is 3. The number of hydrogen-bond acceptors (Lipinski definition) is 12. The van der Waals surface area contributed by atoms with E-state index in [2.05, 4.69) is 16.5 Å². The van der Waals surface area contributed by atoms with Crippen molar-refractivity contribution in [2.24, 2.45) is 16.4 Å². The molecule has 1 aliphatic heterocycles. The van der Waals surface area contributed by atoms with Crippen molar-refractivity contribution < 1.29 is 43.7 Å². The van der Waals surface area contributed by atoms with Crippen LogP contribution in [0.3, 0.4) is 0 Å². The minimum Gasteiger partial charge on any atom is -0.507 e. The van der Waals surface area contributed by atoms with Gasteiger partial charge in [-0.3, -0.25) is 0 Å². The molecule has 2 aromatic carbocycles. The van der Waals surface area contributed by atoms with Crippen molar-refractivity contribution in [3.8, 4) is 23.0 Å². The number of ether oxygens (including phenoxy) is 6. The number of alkyl halides is 1. The molecule has 4 rings (SSSR count). The molecular weight excluding hydrogens is 762 g/mol. The Balaban J connectivity index is 1.35. The molecule has 0 spiro atoms. The van der Waals surface area contributed by atoms with Crippen molar-refractivity contribution in [1.82, 2.24) is 5.32 Å². The Labute approximate surface area is 350 Å². The van der Waals surface area contributed by atoms with Crippen LogP contribution in [0, 0.1) is 16.9 Å². The molecule has 5 N–H and O–H groups in total. The molecule has 1 fully saturated rings. The lowest BCUT2D eigenvalue weighted by Crippen LogP contribution is -2.63. The summed E-state index contributed by atoms with van der Waals surface area (Å²) in [5.41, 5.74) is 11.1. The third kappa shape index (κ3) is 13.4. The number of rotatable bonds is 25. The van der Waals surface area contributed by atoms with E-state index in [0.717, 1.165) is 54.9 Å². The van der Waals surface area contributed by atoms with E-state index in [1.807, 2.05) is 65.0 Å². The molecule has 0 bridgehead atoms. The van der Waals surface area contributed by atoms with Gasteiger partial charge >= 0.3 is 0 Å². The number of halogens is 1. The third-order valence-electron chi connectivity index (χ3n) is 11.0. The molecule has 0 saturated heterocycles. The lowest BCUT2D eigenvalue weighted by molar-refractivity contribution is -0.187. The van der Waals surface area contributed by atoms with E-state index in [4.69, 9.17) is 45.6 Å². The van der Waals surface area contributed by atoms with Crippen molar-refractivity contribution >= 4 is 23.8 Å². The summed E-state index contributed by atoms with van der Waals surface area (Å²) in [7, 11) is 1.61. The van der Waals surface area contributed by atoms with Crippen molar-refractivity contribution in [2.45, 2.75) is 97.4 Å². The summed E-state index contributed by atoms with van der Waals surface area (Å²) in [5, 5.41) is 39.5. The number of aliphatic hydroxyl groups is 2. The number of allylic oxidation sites excluding steroid dienone is 2. The van der Waals surface area contributed by atoms with Crippen LogP contribution in [0.1, 0.15) is 89.0 Å². The Bertz CT molecular complexity index is 1710. The fourth-order valence-electron chi connectivity index (χ4n) is 7.75. The molecule has 4 atom stereocenters. The van der Waals surface area contributed by atoms with Gasteiger partial charge in [0.05, 0.1) is 52.4 Å². The third-order valence-corrected chi connectivity index (χ3v) is 11.3. The van der Waals surface area contributed by atoms with Gasteiger partial charge in [0, 0.05) is 48.5 Å². The number of nitrogens with one attached hydrogen (secondary N) is 2. The minimum atomic E-state index is -0.879. The quantitative estimate of drug-likeness (QED) is 0.0217. The van der Waals surface area contributed by atoms with Crippen LogP contribution in [0.5, 0.6) is 23.0 Å². The second-order valence-electron chi connectivity index (χ2n) is 16.2. The van der Waals surface area contributed by atoms with Crippen LogP contribution in [-0.2, 0) is 27.1 Å². The molecule has 322 valence electrons. The van der Waals surface area contributed by atoms with Crippen LogP contribution in [0.4, 0.5) is 0 Å². The maximum atomic E-state index is 11.2. The van der Waals surface area contributed by atoms with Gasteiger partial charge in [-0.25, -0.2) is 5.53 Å². The van der Waals surface area contributed by atoms with Crippen molar-refractivity contribution in [3.63, 3.8) is 0 Å². The minimum absolute atomic E-state index is 0.0132. The van der Waals surface area contributed by atoms with Crippen molar-refractivity contribution in [2.75, 3.05) is 65.8 Å². The molecule has 0 radical (unpaired) electrons. The average molecular weight is 828 g/mol. The maximum absolute atomic E-state index is 11.2. The van der Waals surface area contributed by atoms with E-state index in [-0.39, 0.29) is 18.3 Å². The van der Waals surface area contributed by atoms with Gasteiger partial charge < -0.3 is 49.1 Å². The number of nitrogens with zero attached hydrogens (tertiary/aromatic N) is 1. The average Bonchev–Trinajstić information content (AvgIpc) is 3.19.